The third-order valence-corrected chi connectivity index (χ3v) is 5.90. The third kappa shape index (κ3) is 4.48. The molecule has 1 heterocycles. The minimum Gasteiger partial charge on any atom is -0.461 e. The fourth-order valence-electron chi connectivity index (χ4n) is 3.08. The molecule has 0 saturated carbocycles. The summed E-state index contributed by atoms with van der Waals surface area (Å²) < 4.78 is 5.49. The number of nitrogens with zero attached hydrogens (tertiary/aromatic N) is 3. The van der Waals surface area contributed by atoms with Gasteiger partial charge in [-0.15, -0.1) is 11.3 Å². The summed E-state index contributed by atoms with van der Waals surface area (Å²) in [5.74, 6) is -0.343. The molecule has 27 heavy (non-hydrogen) atoms. The van der Waals surface area contributed by atoms with Crippen LogP contribution >= 0.6 is 11.3 Å². The van der Waals surface area contributed by atoms with E-state index in [0.717, 1.165) is 46.1 Å². The number of ether oxygens (including phenoxy) is 1. The molecule has 2 aromatic rings. The van der Waals surface area contributed by atoms with Gasteiger partial charge in [0.05, 0.1) is 22.2 Å². The molecule has 6 nitrogen and oxygen atoms in total. The van der Waals surface area contributed by atoms with E-state index in [1.165, 1.54) is 11.3 Å². The summed E-state index contributed by atoms with van der Waals surface area (Å²) in [6.07, 6.45) is 2.14. The van der Waals surface area contributed by atoms with Crippen LogP contribution in [0.4, 0.5) is 5.69 Å². The molecular formula is C20H27N3O3S. The van der Waals surface area contributed by atoms with Gasteiger partial charge in [-0.2, -0.15) is 0 Å². The van der Waals surface area contributed by atoms with Crippen molar-refractivity contribution in [3.05, 3.63) is 34.3 Å². The number of benzene rings is 1. The monoisotopic (exact) mass is 389 g/mol. The molecule has 0 amide bonds. The standard InChI is InChI=1S/C20H27N3O3S/c1-22(2)10-11-26-20(25)15-12-13(23(3)4)8-9-14(15)19-21-16-6-5-7-17(24)18(16)27-19/h8-9,12,17,24H,5-7,10-11H2,1-4H3. The van der Waals surface area contributed by atoms with Gasteiger partial charge in [0.15, 0.2) is 0 Å². The van der Waals surface area contributed by atoms with E-state index < -0.39 is 6.10 Å². The summed E-state index contributed by atoms with van der Waals surface area (Å²) in [5.41, 5.74) is 3.17. The molecule has 1 aliphatic carbocycles. The van der Waals surface area contributed by atoms with Crippen molar-refractivity contribution < 1.29 is 14.6 Å². The Morgan fingerprint density at radius 2 is 2.11 bits per heavy atom. The highest BCUT2D eigenvalue weighted by molar-refractivity contribution is 7.15. The first-order valence-corrected chi connectivity index (χ1v) is 9.99. The van der Waals surface area contributed by atoms with Crippen molar-refractivity contribution in [3.63, 3.8) is 0 Å². The number of thiazole rings is 1. The molecule has 1 aliphatic rings. The zero-order valence-corrected chi connectivity index (χ0v) is 17.2. The largest absolute Gasteiger partial charge is 0.461 e. The number of rotatable bonds is 6. The molecule has 1 N–H and O–H groups in total. The zero-order valence-electron chi connectivity index (χ0n) is 16.4. The number of aromatic nitrogens is 1. The van der Waals surface area contributed by atoms with Crippen molar-refractivity contribution in [1.82, 2.24) is 9.88 Å². The maximum Gasteiger partial charge on any atom is 0.338 e. The van der Waals surface area contributed by atoms with Gasteiger partial charge in [-0.1, -0.05) is 0 Å². The predicted octanol–water partition coefficient (Wildman–Crippen LogP) is 2.96. The molecule has 146 valence electrons. The van der Waals surface area contributed by atoms with Gasteiger partial charge >= 0.3 is 5.97 Å². The topological polar surface area (TPSA) is 65.9 Å². The molecule has 0 radical (unpaired) electrons. The number of esters is 1. The molecule has 0 aliphatic heterocycles. The van der Waals surface area contributed by atoms with Crippen molar-refractivity contribution in [2.45, 2.75) is 25.4 Å². The highest BCUT2D eigenvalue weighted by Crippen LogP contribution is 2.39. The molecule has 1 atom stereocenters. The Balaban J connectivity index is 1.96. The van der Waals surface area contributed by atoms with Crippen LogP contribution in [0.1, 0.15) is 39.9 Å². The summed E-state index contributed by atoms with van der Waals surface area (Å²) in [5, 5.41) is 11.0. The van der Waals surface area contributed by atoms with Crippen molar-refractivity contribution in [2.24, 2.45) is 0 Å². The van der Waals surface area contributed by atoms with Crippen LogP contribution in [0.25, 0.3) is 10.6 Å². The van der Waals surface area contributed by atoms with Crippen molar-refractivity contribution in [1.29, 1.82) is 0 Å². The molecule has 1 aromatic heterocycles. The van der Waals surface area contributed by atoms with Gasteiger partial charge in [0.2, 0.25) is 0 Å². The summed E-state index contributed by atoms with van der Waals surface area (Å²) in [6.45, 7) is 1.01. The molecule has 0 saturated heterocycles. The molecular weight excluding hydrogens is 362 g/mol. The number of likely N-dealkylation sites (N-methyl/N-ethyl adjacent to an activating group) is 1. The van der Waals surface area contributed by atoms with Gasteiger partial charge in [0.25, 0.3) is 0 Å². The molecule has 0 spiro atoms. The molecule has 7 heteroatoms. The first-order chi connectivity index (χ1) is 12.9. The molecule has 3 rings (SSSR count). The van der Waals surface area contributed by atoms with Crippen LogP contribution in [0.3, 0.4) is 0 Å². The minimum atomic E-state index is -0.448. The Morgan fingerprint density at radius 1 is 1.33 bits per heavy atom. The minimum absolute atomic E-state index is 0.338. The Kier molecular flexibility index (Phi) is 6.14. The Hall–Kier alpha value is -1.96. The van der Waals surface area contributed by atoms with Crippen molar-refractivity contribution >= 4 is 23.0 Å². The lowest BCUT2D eigenvalue weighted by Crippen LogP contribution is -2.20. The number of aliphatic hydroxyl groups excluding tert-OH is 1. The van der Waals surface area contributed by atoms with E-state index in [4.69, 9.17) is 9.72 Å². The lowest BCUT2D eigenvalue weighted by molar-refractivity contribution is 0.0483. The molecule has 0 fully saturated rings. The molecule has 1 unspecified atom stereocenters. The number of aryl methyl sites for hydroxylation is 1. The van der Waals surface area contributed by atoms with E-state index in [1.54, 1.807) is 0 Å². The quantitative estimate of drug-likeness (QED) is 0.767. The van der Waals surface area contributed by atoms with Crippen LogP contribution in [0.2, 0.25) is 0 Å². The fraction of sp³-hybridized carbons (Fsp3) is 0.500. The van der Waals surface area contributed by atoms with E-state index in [-0.39, 0.29) is 5.97 Å². The fourth-order valence-corrected chi connectivity index (χ4v) is 4.25. The van der Waals surface area contributed by atoms with Crippen LogP contribution in [0, 0.1) is 0 Å². The second-order valence-corrected chi connectivity index (χ2v) is 8.33. The van der Waals surface area contributed by atoms with Crippen LogP contribution < -0.4 is 4.90 Å². The van der Waals surface area contributed by atoms with E-state index in [9.17, 15) is 9.90 Å². The maximum absolute atomic E-state index is 12.8. The van der Waals surface area contributed by atoms with E-state index in [2.05, 4.69) is 0 Å². The highest BCUT2D eigenvalue weighted by atomic mass is 32.1. The van der Waals surface area contributed by atoms with Crippen LogP contribution in [0.15, 0.2) is 18.2 Å². The predicted molar refractivity (Wildman–Crippen MR) is 109 cm³/mol. The van der Waals surface area contributed by atoms with Gasteiger partial charge < -0.3 is 19.6 Å². The molecule has 0 bridgehead atoms. The molecule has 1 aromatic carbocycles. The number of hydrogen-bond donors (Lipinski definition) is 1. The SMILES string of the molecule is CN(C)CCOC(=O)c1cc(N(C)C)ccc1-c1nc2c(s1)C(O)CCC2. The van der Waals surface area contributed by atoms with Crippen molar-refractivity contribution in [3.8, 4) is 10.6 Å². The number of fused-ring (bicyclic) bond motifs is 1. The second-order valence-electron chi connectivity index (χ2n) is 7.30. The summed E-state index contributed by atoms with van der Waals surface area (Å²) in [4.78, 5) is 22.4. The number of anilines is 1. The Bertz CT molecular complexity index is 817. The first-order valence-electron chi connectivity index (χ1n) is 9.18. The van der Waals surface area contributed by atoms with E-state index >= 15 is 0 Å². The zero-order chi connectivity index (χ0) is 19.6. The third-order valence-electron chi connectivity index (χ3n) is 4.66. The van der Waals surface area contributed by atoms with E-state index in [0.29, 0.717) is 18.7 Å². The average Bonchev–Trinajstić information content (AvgIpc) is 3.06. The highest BCUT2D eigenvalue weighted by Gasteiger charge is 2.25. The normalized spacial score (nSPS) is 16.3. The van der Waals surface area contributed by atoms with Gasteiger partial charge in [0, 0.05) is 31.9 Å². The number of carbonyl (C=O) groups is 1. The summed E-state index contributed by atoms with van der Waals surface area (Å²) in [6, 6.07) is 5.75. The number of aliphatic hydroxyl groups is 1. The van der Waals surface area contributed by atoms with Crippen LogP contribution in [-0.4, -0.2) is 62.3 Å². The van der Waals surface area contributed by atoms with Gasteiger partial charge in [-0.25, -0.2) is 9.78 Å². The lowest BCUT2D eigenvalue weighted by atomic mass is 10.0. The average molecular weight is 390 g/mol. The Labute approximate surface area is 164 Å². The van der Waals surface area contributed by atoms with Gasteiger partial charge in [0.1, 0.15) is 11.6 Å². The number of hydrogen-bond acceptors (Lipinski definition) is 7. The maximum atomic E-state index is 12.8. The smallest absolute Gasteiger partial charge is 0.338 e. The number of carbonyl (C=O) groups excluding carboxylic acids is 1. The Morgan fingerprint density at radius 3 is 2.78 bits per heavy atom. The summed E-state index contributed by atoms with van der Waals surface area (Å²) >= 11 is 1.48. The van der Waals surface area contributed by atoms with E-state index in [1.807, 2.05) is 56.2 Å². The van der Waals surface area contributed by atoms with Gasteiger partial charge in [-0.05, 0) is 51.6 Å². The van der Waals surface area contributed by atoms with Crippen LogP contribution in [-0.2, 0) is 11.2 Å². The van der Waals surface area contributed by atoms with Crippen LogP contribution in [0.5, 0.6) is 0 Å². The summed E-state index contributed by atoms with van der Waals surface area (Å²) in [7, 11) is 7.76. The first kappa shape index (κ1) is 19.8. The van der Waals surface area contributed by atoms with Gasteiger partial charge in [-0.3, -0.25) is 0 Å². The lowest BCUT2D eigenvalue weighted by Gasteiger charge is -2.16. The second kappa shape index (κ2) is 8.37. The van der Waals surface area contributed by atoms with Crippen molar-refractivity contribution in [2.75, 3.05) is 46.2 Å².